The molecule has 2 rings (SSSR count). The Labute approximate surface area is 110 Å². The summed E-state index contributed by atoms with van der Waals surface area (Å²) >= 11 is 3.56. The zero-order chi connectivity index (χ0) is 12.6. The van der Waals surface area contributed by atoms with Crippen LogP contribution < -0.4 is 10.6 Å². The highest BCUT2D eigenvalue weighted by Crippen LogP contribution is 2.35. The molecule has 0 saturated heterocycles. The highest BCUT2D eigenvalue weighted by molar-refractivity contribution is 9.10. The zero-order valence-electron chi connectivity index (χ0n) is 10.2. The summed E-state index contributed by atoms with van der Waals surface area (Å²) < 4.78 is 1.05. The molecule has 0 saturated carbocycles. The smallest absolute Gasteiger partial charge is 0.223 e. The van der Waals surface area contributed by atoms with E-state index in [4.69, 9.17) is 5.73 Å². The first-order chi connectivity index (χ1) is 8.04. The Bertz CT molecular complexity index is 459. The Kier molecular flexibility index (Phi) is 3.54. The van der Waals surface area contributed by atoms with E-state index < -0.39 is 0 Å². The van der Waals surface area contributed by atoms with E-state index in [1.807, 2.05) is 4.90 Å². The van der Waals surface area contributed by atoms with E-state index in [-0.39, 0.29) is 11.9 Å². The van der Waals surface area contributed by atoms with Gasteiger partial charge in [-0.25, -0.2) is 0 Å². The van der Waals surface area contributed by atoms with Crippen LogP contribution in [0, 0.1) is 0 Å². The van der Waals surface area contributed by atoms with Crippen LogP contribution in [0.2, 0.25) is 0 Å². The third kappa shape index (κ3) is 2.24. The number of carbonyl (C=O) groups excluding carboxylic acids is 1. The molecular weight excluding hydrogens is 280 g/mol. The Morgan fingerprint density at radius 2 is 2.29 bits per heavy atom. The second-order valence-electron chi connectivity index (χ2n) is 4.44. The van der Waals surface area contributed by atoms with Gasteiger partial charge >= 0.3 is 0 Å². The Balaban J connectivity index is 2.47. The summed E-state index contributed by atoms with van der Waals surface area (Å²) in [7, 11) is 0. The van der Waals surface area contributed by atoms with E-state index in [2.05, 4.69) is 35.0 Å². The minimum Gasteiger partial charge on any atom is -0.324 e. The third-order valence-electron chi connectivity index (χ3n) is 3.31. The van der Waals surface area contributed by atoms with Crippen LogP contribution >= 0.6 is 15.9 Å². The molecule has 0 fully saturated rings. The van der Waals surface area contributed by atoms with Gasteiger partial charge in [0.2, 0.25) is 5.91 Å². The van der Waals surface area contributed by atoms with Gasteiger partial charge in [-0.15, -0.1) is 0 Å². The SMILES string of the molecule is CC[C@H](N)c1cc2c(cc1Br)CCN2C(C)=O. The summed E-state index contributed by atoms with van der Waals surface area (Å²) in [5.41, 5.74) is 9.41. The molecule has 0 bridgehead atoms. The van der Waals surface area contributed by atoms with E-state index >= 15 is 0 Å². The lowest BCUT2D eigenvalue weighted by Gasteiger charge is -2.18. The van der Waals surface area contributed by atoms with E-state index in [9.17, 15) is 4.79 Å². The first kappa shape index (κ1) is 12.6. The molecule has 1 aliphatic rings. The number of hydrogen-bond donors (Lipinski definition) is 1. The second-order valence-corrected chi connectivity index (χ2v) is 5.29. The summed E-state index contributed by atoms with van der Waals surface area (Å²) in [5.74, 6) is 0.0992. The standard InChI is InChI=1S/C13H17BrN2O/c1-3-12(15)10-7-13-9(6-11(10)14)4-5-16(13)8(2)17/h6-7,12H,3-5,15H2,1-2H3/t12-/m0/s1. The highest BCUT2D eigenvalue weighted by atomic mass is 79.9. The Hall–Kier alpha value is -0.870. The largest absolute Gasteiger partial charge is 0.324 e. The van der Waals surface area contributed by atoms with Crippen molar-refractivity contribution in [3.63, 3.8) is 0 Å². The maximum atomic E-state index is 11.5. The molecule has 1 heterocycles. The van der Waals surface area contributed by atoms with Crippen LogP contribution in [0.25, 0.3) is 0 Å². The van der Waals surface area contributed by atoms with E-state index in [1.165, 1.54) is 5.56 Å². The van der Waals surface area contributed by atoms with Crippen LogP contribution in [0.4, 0.5) is 5.69 Å². The van der Waals surface area contributed by atoms with Gasteiger partial charge in [0.05, 0.1) is 0 Å². The number of nitrogens with zero attached hydrogens (tertiary/aromatic N) is 1. The Morgan fingerprint density at radius 1 is 1.59 bits per heavy atom. The van der Waals surface area contributed by atoms with Crippen molar-refractivity contribution in [1.82, 2.24) is 0 Å². The van der Waals surface area contributed by atoms with Gasteiger partial charge in [0, 0.05) is 29.7 Å². The summed E-state index contributed by atoms with van der Waals surface area (Å²) in [5, 5.41) is 0. The van der Waals surface area contributed by atoms with E-state index in [0.29, 0.717) is 0 Å². The zero-order valence-corrected chi connectivity index (χ0v) is 11.8. The lowest BCUT2D eigenvalue weighted by atomic mass is 10.0. The fourth-order valence-corrected chi connectivity index (χ4v) is 2.94. The van der Waals surface area contributed by atoms with Crippen LogP contribution in [-0.4, -0.2) is 12.5 Å². The maximum absolute atomic E-state index is 11.5. The molecular formula is C13H17BrN2O. The minimum atomic E-state index is 0.0177. The summed E-state index contributed by atoms with van der Waals surface area (Å²) in [6.45, 7) is 4.45. The molecule has 0 aromatic heterocycles. The third-order valence-corrected chi connectivity index (χ3v) is 4.00. The maximum Gasteiger partial charge on any atom is 0.223 e. The van der Waals surface area contributed by atoms with Crippen molar-refractivity contribution in [2.75, 3.05) is 11.4 Å². The van der Waals surface area contributed by atoms with Gasteiger partial charge in [-0.3, -0.25) is 4.79 Å². The number of carbonyl (C=O) groups is 1. The normalized spacial score (nSPS) is 15.9. The molecule has 1 aliphatic heterocycles. The molecule has 1 aromatic rings. The lowest BCUT2D eigenvalue weighted by Crippen LogP contribution is -2.26. The number of nitrogens with two attached hydrogens (primary N) is 1. The van der Waals surface area contributed by atoms with Crippen LogP contribution in [0.3, 0.4) is 0 Å². The minimum absolute atomic E-state index is 0.0177. The predicted octanol–water partition coefficient (Wildman–Crippen LogP) is 2.77. The molecule has 3 nitrogen and oxygen atoms in total. The molecule has 0 radical (unpaired) electrons. The molecule has 92 valence electrons. The van der Waals surface area contributed by atoms with Crippen molar-refractivity contribution in [1.29, 1.82) is 0 Å². The molecule has 17 heavy (non-hydrogen) atoms. The number of rotatable bonds is 2. The number of hydrogen-bond acceptors (Lipinski definition) is 2. The summed E-state index contributed by atoms with van der Waals surface area (Å²) in [4.78, 5) is 13.4. The second kappa shape index (κ2) is 4.78. The molecule has 0 spiro atoms. The molecule has 1 aromatic carbocycles. The Morgan fingerprint density at radius 3 is 2.88 bits per heavy atom. The number of benzene rings is 1. The van der Waals surface area contributed by atoms with Crippen LogP contribution in [0.5, 0.6) is 0 Å². The predicted molar refractivity (Wildman–Crippen MR) is 73.1 cm³/mol. The highest BCUT2D eigenvalue weighted by Gasteiger charge is 2.24. The lowest BCUT2D eigenvalue weighted by molar-refractivity contribution is -0.116. The van der Waals surface area contributed by atoms with E-state index in [0.717, 1.165) is 35.1 Å². The van der Waals surface area contributed by atoms with Gasteiger partial charge in [0.25, 0.3) is 0 Å². The molecule has 4 heteroatoms. The van der Waals surface area contributed by atoms with Gasteiger partial charge in [0.15, 0.2) is 0 Å². The van der Waals surface area contributed by atoms with Gasteiger partial charge in [-0.2, -0.15) is 0 Å². The monoisotopic (exact) mass is 296 g/mol. The fraction of sp³-hybridized carbons (Fsp3) is 0.462. The first-order valence-corrected chi connectivity index (χ1v) is 6.70. The topological polar surface area (TPSA) is 46.3 Å². The number of anilines is 1. The average molecular weight is 297 g/mol. The van der Waals surface area contributed by atoms with Crippen molar-refractivity contribution in [2.45, 2.75) is 32.7 Å². The van der Waals surface area contributed by atoms with Gasteiger partial charge < -0.3 is 10.6 Å². The van der Waals surface area contributed by atoms with Gasteiger partial charge in [0.1, 0.15) is 0 Å². The van der Waals surface area contributed by atoms with Gasteiger partial charge in [-0.05, 0) is 36.1 Å². The fourth-order valence-electron chi connectivity index (χ4n) is 2.25. The molecule has 1 amide bonds. The quantitative estimate of drug-likeness (QED) is 0.912. The van der Waals surface area contributed by atoms with Crippen molar-refractivity contribution in [2.24, 2.45) is 5.73 Å². The molecule has 1 atom stereocenters. The van der Waals surface area contributed by atoms with Crippen molar-refractivity contribution < 1.29 is 4.79 Å². The van der Waals surface area contributed by atoms with E-state index in [1.54, 1.807) is 6.92 Å². The molecule has 0 unspecified atom stereocenters. The number of fused-ring (bicyclic) bond motifs is 1. The van der Waals surface area contributed by atoms with Crippen LogP contribution in [0.15, 0.2) is 16.6 Å². The summed E-state index contributed by atoms with van der Waals surface area (Å²) in [6, 6.07) is 4.18. The van der Waals surface area contributed by atoms with Crippen molar-refractivity contribution in [3.8, 4) is 0 Å². The van der Waals surface area contributed by atoms with Crippen molar-refractivity contribution >= 4 is 27.5 Å². The average Bonchev–Trinajstić information content (AvgIpc) is 2.69. The summed E-state index contributed by atoms with van der Waals surface area (Å²) in [6.07, 6.45) is 1.81. The number of amides is 1. The van der Waals surface area contributed by atoms with Gasteiger partial charge in [-0.1, -0.05) is 22.9 Å². The number of halogens is 1. The molecule has 0 aliphatic carbocycles. The van der Waals surface area contributed by atoms with Crippen LogP contribution in [-0.2, 0) is 11.2 Å². The van der Waals surface area contributed by atoms with Crippen molar-refractivity contribution in [3.05, 3.63) is 27.7 Å². The first-order valence-electron chi connectivity index (χ1n) is 5.90. The molecule has 2 N–H and O–H groups in total. The van der Waals surface area contributed by atoms with Crippen LogP contribution in [0.1, 0.15) is 37.4 Å².